The van der Waals surface area contributed by atoms with E-state index in [1.54, 1.807) is 18.3 Å². The highest BCUT2D eigenvalue weighted by molar-refractivity contribution is 7.89. The number of fused-ring (bicyclic) bond motifs is 1. The molecule has 8 nitrogen and oxygen atoms in total. The molecule has 1 aliphatic rings. The standard InChI is InChI=1S/C18H24N4O4S/c1-22-17-5-3-4-16(15(17)12-19-22)21-18(23)10-11-20-27(24,25)14-8-6-13(26-2)7-9-14/h6-9,12,16,20H,3-5,10-11H2,1-2H3,(H,21,23)/t16-/m1/s1. The van der Waals surface area contributed by atoms with Gasteiger partial charge in [0.2, 0.25) is 15.9 Å². The Balaban J connectivity index is 1.52. The Hall–Kier alpha value is -2.39. The number of aromatic nitrogens is 2. The zero-order chi connectivity index (χ0) is 19.4. The van der Waals surface area contributed by atoms with Gasteiger partial charge in [0.25, 0.3) is 0 Å². The van der Waals surface area contributed by atoms with E-state index in [9.17, 15) is 13.2 Å². The van der Waals surface area contributed by atoms with Gasteiger partial charge in [-0.05, 0) is 43.5 Å². The fourth-order valence-electron chi connectivity index (χ4n) is 3.26. The van der Waals surface area contributed by atoms with Gasteiger partial charge in [0.15, 0.2) is 0 Å². The van der Waals surface area contributed by atoms with Gasteiger partial charge in [-0.1, -0.05) is 0 Å². The highest BCUT2D eigenvalue weighted by atomic mass is 32.2. The van der Waals surface area contributed by atoms with Crippen LogP contribution in [0.4, 0.5) is 0 Å². The number of carbonyl (C=O) groups excluding carboxylic acids is 1. The van der Waals surface area contributed by atoms with E-state index in [4.69, 9.17) is 4.74 Å². The van der Waals surface area contributed by atoms with Gasteiger partial charge < -0.3 is 10.1 Å². The molecule has 2 N–H and O–H groups in total. The third kappa shape index (κ3) is 4.48. The van der Waals surface area contributed by atoms with Crippen LogP contribution in [0.5, 0.6) is 5.75 Å². The first-order chi connectivity index (χ1) is 12.9. The molecule has 0 aliphatic heterocycles. The predicted octanol–water partition coefficient (Wildman–Crippen LogP) is 1.29. The fraction of sp³-hybridized carbons (Fsp3) is 0.444. The van der Waals surface area contributed by atoms with Crippen LogP contribution in [0.1, 0.15) is 36.6 Å². The van der Waals surface area contributed by atoms with Crippen molar-refractivity contribution in [2.75, 3.05) is 13.7 Å². The Morgan fingerprint density at radius 1 is 1.33 bits per heavy atom. The molecule has 1 heterocycles. The molecule has 0 bridgehead atoms. The maximum absolute atomic E-state index is 12.3. The van der Waals surface area contributed by atoms with E-state index in [0.717, 1.165) is 30.5 Å². The number of rotatable bonds is 7. The molecule has 1 aliphatic carbocycles. The maximum atomic E-state index is 12.3. The molecular formula is C18H24N4O4S. The lowest BCUT2D eigenvalue weighted by Gasteiger charge is -2.23. The van der Waals surface area contributed by atoms with Crippen LogP contribution in [0.2, 0.25) is 0 Å². The Morgan fingerprint density at radius 2 is 2.07 bits per heavy atom. The zero-order valence-electron chi connectivity index (χ0n) is 15.4. The smallest absolute Gasteiger partial charge is 0.240 e. The Kier molecular flexibility index (Phi) is 5.81. The van der Waals surface area contributed by atoms with Gasteiger partial charge in [-0.15, -0.1) is 0 Å². The van der Waals surface area contributed by atoms with Crippen LogP contribution >= 0.6 is 0 Å². The third-order valence-electron chi connectivity index (χ3n) is 4.72. The number of carbonyl (C=O) groups is 1. The highest BCUT2D eigenvalue weighted by Crippen LogP contribution is 2.29. The summed E-state index contributed by atoms with van der Waals surface area (Å²) in [4.78, 5) is 12.4. The Bertz CT molecular complexity index is 906. The van der Waals surface area contributed by atoms with E-state index in [1.165, 1.54) is 19.2 Å². The maximum Gasteiger partial charge on any atom is 0.240 e. The molecule has 0 saturated heterocycles. The molecular weight excluding hydrogens is 368 g/mol. The highest BCUT2D eigenvalue weighted by Gasteiger charge is 2.24. The number of sulfonamides is 1. The van der Waals surface area contributed by atoms with Gasteiger partial charge in [0, 0.05) is 31.3 Å². The van der Waals surface area contributed by atoms with Crippen LogP contribution in [0, 0.1) is 0 Å². The average Bonchev–Trinajstić information content (AvgIpc) is 3.04. The van der Waals surface area contributed by atoms with Crippen molar-refractivity contribution in [3.05, 3.63) is 41.7 Å². The molecule has 1 amide bonds. The van der Waals surface area contributed by atoms with Crippen molar-refractivity contribution >= 4 is 15.9 Å². The van der Waals surface area contributed by atoms with Crippen LogP contribution in [-0.2, 0) is 28.3 Å². The number of ether oxygens (including phenoxy) is 1. The van der Waals surface area contributed by atoms with Gasteiger partial charge >= 0.3 is 0 Å². The van der Waals surface area contributed by atoms with Crippen LogP contribution < -0.4 is 14.8 Å². The summed E-state index contributed by atoms with van der Waals surface area (Å²) in [6.07, 6.45) is 4.68. The quantitative estimate of drug-likeness (QED) is 0.739. The number of benzene rings is 1. The van der Waals surface area contributed by atoms with Gasteiger partial charge in [-0.2, -0.15) is 5.10 Å². The van der Waals surface area contributed by atoms with E-state index < -0.39 is 10.0 Å². The molecule has 1 atom stereocenters. The molecule has 3 rings (SSSR count). The van der Waals surface area contributed by atoms with Crippen LogP contribution in [0.25, 0.3) is 0 Å². The van der Waals surface area contributed by atoms with E-state index in [0.29, 0.717) is 5.75 Å². The largest absolute Gasteiger partial charge is 0.497 e. The Labute approximate surface area is 159 Å². The number of hydrogen-bond donors (Lipinski definition) is 2. The topological polar surface area (TPSA) is 102 Å². The molecule has 0 fully saturated rings. The first-order valence-corrected chi connectivity index (χ1v) is 10.3. The number of nitrogens with zero attached hydrogens (tertiary/aromatic N) is 2. The molecule has 9 heteroatoms. The van der Waals surface area contributed by atoms with E-state index in [2.05, 4.69) is 15.1 Å². The van der Waals surface area contributed by atoms with Crippen molar-refractivity contribution in [1.29, 1.82) is 0 Å². The second-order valence-electron chi connectivity index (χ2n) is 6.51. The predicted molar refractivity (Wildman–Crippen MR) is 99.8 cm³/mol. The van der Waals surface area contributed by atoms with E-state index >= 15 is 0 Å². The third-order valence-corrected chi connectivity index (χ3v) is 6.20. The summed E-state index contributed by atoms with van der Waals surface area (Å²) < 4.78 is 33.9. The molecule has 2 aromatic rings. The minimum Gasteiger partial charge on any atom is -0.497 e. The number of aryl methyl sites for hydroxylation is 1. The van der Waals surface area contributed by atoms with Crippen LogP contribution in [0.3, 0.4) is 0 Å². The van der Waals surface area contributed by atoms with Crippen LogP contribution in [-0.4, -0.2) is 37.8 Å². The zero-order valence-corrected chi connectivity index (χ0v) is 16.3. The molecule has 1 aromatic carbocycles. The van der Waals surface area contributed by atoms with E-state index in [1.807, 2.05) is 11.7 Å². The molecule has 0 saturated carbocycles. The second-order valence-corrected chi connectivity index (χ2v) is 8.27. The number of methoxy groups -OCH3 is 1. The molecule has 1 aromatic heterocycles. The Morgan fingerprint density at radius 3 is 2.78 bits per heavy atom. The van der Waals surface area contributed by atoms with Crippen molar-refractivity contribution in [2.24, 2.45) is 7.05 Å². The molecule has 146 valence electrons. The van der Waals surface area contributed by atoms with Crippen molar-refractivity contribution < 1.29 is 17.9 Å². The number of hydrogen-bond acceptors (Lipinski definition) is 5. The lowest BCUT2D eigenvalue weighted by atomic mass is 9.93. The van der Waals surface area contributed by atoms with Crippen molar-refractivity contribution in [3.8, 4) is 5.75 Å². The molecule has 0 radical (unpaired) electrons. The summed E-state index contributed by atoms with van der Waals surface area (Å²) >= 11 is 0. The van der Waals surface area contributed by atoms with Gasteiger partial charge in [-0.3, -0.25) is 9.48 Å². The monoisotopic (exact) mass is 392 g/mol. The normalized spacial score (nSPS) is 16.6. The van der Waals surface area contributed by atoms with Crippen molar-refractivity contribution in [3.63, 3.8) is 0 Å². The SMILES string of the molecule is COc1ccc(S(=O)(=O)NCCC(=O)N[C@@H]2CCCc3c2cnn3C)cc1. The van der Waals surface area contributed by atoms with Crippen molar-refractivity contribution in [2.45, 2.75) is 36.6 Å². The summed E-state index contributed by atoms with van der Waals surface area (Å²) in [6.45, 7) is 0.0345. The molecule has 0 unspecified atom stereocenters. The summed E-state index contributed by atoms with van der Waals surface area (Å²) in [6, 6.07) is 6.03. The van der Waals surface area contributed by atoms with Gasteiger partial charge in [0.05, 0.1) is 24.2 Å². The van der Waals surface area contributed by atoms with Crippen LogP contribution in [0.15, 0.2) is 35.4 Å². The summed E-state index contributed by atoms with van der Waals surface area (Å²) in [7, 11) is -0.243. The summed E-state index contributed by atoms with van der Waals surface area (Å²) in [5, 5.41) is 7.25. The van der Waals surface area contributed by atoms with E-state index in [-0.39, 0.29) is 29.8 Å². The number of nitrogens with one attached hydrogen (secondary N) is 2. The van der Waals surface area contributed by atoms with Gasteiger partial charge in [0.1, 0.15) is 5.75 Å². The van der Waals surface area contributed by atoms with Crippen molar-refractivity contribution in [1.82, 2.24) is 19.8 Å². The summed E-state index contributed by atoms with van der Waals surface area (Å²) in [5.41, 5.74) is 2.20. The first-order valence-electron chi connectivity index (χ1n) is 8.84. The lowest BCUT2D eigenvalue weighted by Crippen LogP contribution is -2.34. The average molecular weight is 392 g/mol. The minimum atomic E-state index is -3.66. The molecule has 27 heavy (non-hydrogen) atoms. The lowest BCUT2D eigenvalue weighted by molar-refractivity contribution is -0.121. The summed E-state index contributed by atoms with van der Waals surface area (Å²) in [5.74, 6) is 0.393. The fourth-order valence-corrected chi connectivity index (χ4v) is 4.29. The van der Waals surface area contributed by atoms with Gasteiger partial charge in [-0.25, -0.2) is 13.1 Å². The number of amides is 1. The minimum absolute atomic E-state index is 0.0345. The molecule has 0 spiro atoms. The second kappa shape index (κ2) is 8.10. The first kappa shape index (κ1) is 19.4.